The van der Waals surface area contributed by atoms with E-state index in [0.717, 1.165) is 0 Å². The minimum absolute atomic E-state index is 0.229. The smallest absolute Gasteiger partial charge is 0.320 e. The summed E-state index contributed by atoms with van der Waals surface area (Å²) in [6, 6.07) is -1.28. The third kappa shape index (κ3) is 9.83. The second-order valence-electron chi connectivity index (χ2n) is 3.63. The number of nitrogens with two attached hydrogens (primary N) is 1. The summed E-state index contributed by atoms with van der Waals surface area (Å²) >= 11 is 0. The third-order valence-electron chi connectivity index (χ3n) is 2.01. The summed E-state index contributed by atoms with van der Waals surface area (Å²) in [5, 5.41) is 26.2. The molecule has 120 valence electrons. The maximum Gasteiger partial charge on any atom is 0.320 e. The van der Waals surface area contributed by atoms with Crippen LogP contribution in [0.5, 0.6) is 0 Å². The van der Waals surface area contributed by atoms with Gasteiger partial charge in [-0.3, -0.25) is 9.59 Å². The summed E-state index contributed by atoms with van der Waals surface area (Å²) in [5.74, 6) is -2.26. The highest BCUT2D eigenvalue weighted by Gasteiger charge is 2.20. The van der Waals surface area contributed by atoms with Crippen LogP contribution < -0.4 is 5.73 Å². The lowest BCUT2D eigenvalue weighted by Gasteiger charge is -2.16. The van der Waals surface area contributed by atoms with E-state index < -0.39 is 47.5 Å². The average molecular weight is 311 g/mol. The Morgan fingerprint density at radius 1 is 1.14 bits per heavy atom. The van der Waals surface area contributed by atoms with Crippen molar-refractivity contribution in [1.29, 1.82) is 0 Å². The number of esters is 1. The topological polar surface area (TPSA) is 194 Å². The van der Waals surface area contributed by atoms with E-state index in [1.54, 1.807) is 0 Å². The van der Waals surface area contributed by atoms with E-state index in [1.165, 1.54) is 0 Å². The Morgan fingerprint density at radius 3 is 2.00 bits per heavy atom. The van der Waals surface area contributed by atoms with Crippen molar-refractivity contribution < 1.29 is 39.3 Å². The summed E-state index contributed by atoms with van der Waals surface area (Å²) in [6.45, 7) is -1.53. The number of carboxylic acids is 1. The molecule has 0 unspecified atom stereocenters. The van der Waals surface area contributed by atoms with Crippen molar-refractivity contribution in [2.24, 2.45) is 5.73 Å². The van der Waals surface area contributed by atoms with Gasteiger partial charge in [0.05, 0.1) is 0 Å². The van der Waals surface area contributed by atoms with Crippen LogP contribution >= 0.6 is 0 Å². The first-order valence-electron chi connectivity index (χ1n) is 5.44. The fourth-order valence-electron chi connectivity index (χ4n) is 1.05. The average Bonchev–Trinajstić information content (AvgIpc) is 2.38. The number of carbonyl (C=O) groups is 2. The van der Waals surface area contributed by atoms with Crippen molar-refractivity contribution in [2.75, 3.05) is 13.2 Å². The molecule has 0 amide bonds. The zero-order valence-electron chi connectivity index (χ0n) is 10.6. The zero-order chi connectivity index (χ0) is 16.4. The van der Waals surface area contributed by atoms with Crippen LogP contribution in [0.1, 0.15) is 12.8 Å². The van der Waals surface area contributed by atoms with Crippen LogP contribution in [0.4, 0.5) is 0 Å². The molecule has 0 aromatic rings. The predicted octanol–water partition coefficient (Wildman–Crippen LogP) is -1.49. The quantitative estimate of drug-likeness (QED) is 0.256. The van der Waals surface area contributed by atoms with Gasteiger partial charge in [-0.2, -0.15) is 0 Å². The second kappa shape index (κ2) is 9.24. The molecule has 3 N–H and O–H groups in total. The van der Waals surface area contributed by atoms with Crippen molar-refractivity contribution >= 4 is 11.9 Å². The Bertz CT molecular complexity index is 382. The molecule has 0 aliphatic carbocycles. The van der Waals surface area contributed by atoms with Gasteiger partial charge in [-0.05, 0) is 6.42 Å². The fraction of sp³-hybridized carbons (Fsp3) is 0.750. The lowest BCUT2D eigenvalue weighted by atomic mass is 10.2. The van der Waals surface area contributed by atoms with Crippen molar-refractivity contribution in [2.45, 2.75) is 25.0 Å². The number of aliphatic carboxylic acids is 1. The standard InChI is InChI=1S/C8H13N3O10/c9-6(8(13)14)1-2-7(12)21-5(3-19-10(15)16)4-20-11(17)18/h5-6H,1-4,9H2,(H,13,14)/t6-/m0/s1. The van der Waals surface area contributed by atoms with Crippen LogP contribution in [0, 0.1) is 20.2 Å². The number of rotatable bonds is 11. The maximum atomic E-state index is 11.3. The molecule has 0 saturated carbocycles. The van der Waals surface area contributed by atoms with Gasteiger partial charge in [0, 0.05) is 6.42 Å². The minimum Gasteiger partial charge on any atom is -0.480 e. The summed E-state index contributed by atoms with van der Waals surface area (Å²) in [4.78, 5) is 49.6. The highest BCUT2D eigenvalue weighted by Crippen LogP contribution is 2.03. The summed E-state index contributed by atoms with van der Waals surface area (Å²) < 4.78 is 4.64. The molecule has 0 aromatic carbocycles. The Hall–Kier alpha value is -2.70. The molecule has 13 nitrogen and oxygen atoms in total. The molecule has 13 heteroatoms. The lowest BCUT2D eigenvalue weighted by molar-refractivity contribution is -0.768. The number of carbonyl (C=O) groups excluding carboxylic acids is 1. The molecule has 0 aromatic heterocycles. The molecule has 0 radical (unpaired) electrons. The highest BCUT2D eigenvalue weighted by molar-refractivity contribution is 5.75. The molecule has 0 aliphatic heterocycles. The van der Waals surface area contributed by atoms with Crippen LogP contribution in [-0.4, -0.2) is 52.6 Å². The van der Waals surface area contributed by atoms with Crippen LogP contribution in [0.2, 0.25) is 0 Å². The number of ether oxygens (including phenoxy) is 1. The van der Waals surface area contributed by atoms with Crippen LogP contribution in [-0.2, 0) is 24.0 Å². The van der Waals surface area contributed by atoms with Gasteiger partial charge in [0.1, 0.15) is 25.4 Å². The third-order valence-corrected chi connectivity index (χ3v) is 2.01. The maximum absolute atomic E-state index is 11.3. The van der Waals surface area contributed by atoms with Crippen molar-refractivity contribution in [3.8, 4) is 0 Å². The molecule has 0 fully saturated rings. The first-order chi connectivity index (χ1) is 9.72. The normalized spacial score (nSPS) is 11.5. The van der Waals surface area contributed by atoms with E-state index in [-0.39, 0.29) is 12.8 Å². The van der Waals surface area contributed by atoms with Gasteiger partial charge in [-0.25, -0.2) is 0 Å². The van der Waals surface area contributed by atoms with Gasteiger partial charge >= 0.3 is 11.9 Å². The number of carboxylic acid groups (broad SMARTS) is 1. The fourth-order valence-corrected chi connectivity index (χ4v) is 1.05. The number of hydrogen-bond acceptors (Lipinski definition) is 10. The molecule has 0 spiro atoms. The molecular weight excluding hydrogens is 298 g/mol. The molecule has 1 atom stereocenters. The first-order valence-corrected chi connectivity index (χ1v) is 5.44. The van der Waals surface area contributed by atoms with Crippen molar-refractivity contribution in [3.63, 3.8) is 0 Å². The van der Waals surface area contributed by atoms with Crippen LogP contribution in [0.15, 0.2) is 0 Å². The first kappa shape index (κ1) is 18.3. The van der Waals surface area contributed by atoms with Crippen molar-refractivity contribution in [3.05, 3.63) is 20.2 Å². The second-order valence-corrected chi connectivity index (χ2v) is 3.63. The highest BCUT2D eigenvalue weighted by atomic mass is 17.0. The Labute approximate surface area is 116 Å². The molecule has 0 saturated heterocycles. The largest absolute Gasteiger partial charge is 0.480 e. The predicted molar refractivity (Wildman–Crippen MR) is 60.6 cm³/mol. The van der Waals surface area contributed by atoms with Gasteiger partial charge in [0.2, 0.25) is 0 Å². The minimum atomic E-state index is -1.39. The molecule has 0 aliphatic rings. The molecule has 0 heterocycles. The van der Waals surface area contributed by atoms with Gasteiger partial charge < -0.3 is 25.3 Å². The SMILES string of the molecule is N[C@@H](CCC(=O)OC(CO[N+](=O)[O-])CO[N+](=O)[O-])C(=O)O. The van der Waals surface area contributed by atoms with Crippen LogP contribution in [0.25, 0.3) is 0 Å². The number of nitrogens with zero attached hydrogens (tertiary/aromatic N) is 2. The monoisotopic (exact) mass is 311 g/mol. The molecular formula is C8H13N3O10. The lowest BCUT2D eigenvalue weighted by Crippen LogP contribution is -2.33. The molecule has 0 bridgehead atoms. The van der Waals surface area contributed by atoms with Crippen LogP contribution in [0.3, 0.4) is 0 Å². The molecule has 0 rings (SSSR count). The summed E-state index contributed by atoms with van der Waals surface area (Å²) in [5.41, 5.74) is 5.16. The Morgan fingerprint density at radius 2 is 1.62 bits per heavy atom. The summed E-state index contributed by atoms with van der Waals surface area (Å²) in [6.07, 6.45) is -2.01. The van der Waals surface area contributed by atoms with Gasteiger partial charge in [-0.15, -0.1) is 20.2 Å². The Kier molecular flexibility index (Phi) is 8.05. The van der Waals surface area contributed by atoms with E-state index in [9.17, 15) is 29.8 Å². The van der Waals surface area contributed by atoms with E-state index in [2.05, 4.69) is 14.4 Å². The van der Waals surface area contributed by atoms with Gasteiger partial charge in [0.25, 0.3) is 10.2 Å². The molecule has 21 heavy (non-hydrogen) atoms. The van der Waals surface area contributed by atoms with E-state index >= 15 is 0 Å². The van der Waals surface area contributed by atoms with E-state index in [1.807, 2.05) is 0 Å². The summed E-state index contributed by atoms with van der Waals surface area (Å²) in [7, 11) is 0. The van der Waals surface area contributed by atoms with Gasteiger partial charge in [0.15, 0.2) is 0 Å². The van der Waals surface area contributed by atoms with Gasteiger partial charge in [-0.1, -0.05) is 0 Å². The number of hydrogen-bond donors (Lipinski definition) is 2. The van der Waals surface area contributed by atoms with E-state index in [4.69, 9.17) is 10.8 Å². The Balaban J connectivity index is 4.28. The zero-order valence-corrected chi connectivity index (χ0v) is 10.6. The van der Waals surface area contributed by atoms with Crippen molar-refractivity contribution in [1.82, 2.24) is 0 Å². The van der Waals surface area contributed by atoms with E-state index in [0.29, 0.717) is 0 Å².